The van der Waals surface area contributed by atoms with Crippen molar-refractivity contribution in [1.29, 1.82) is 0 Å². The Kier molecular flexibility index (Phi) is 8.45. The minimum atomic E-state index is -4.96. The molecule has 3 aromatic carbocycles. The first-order valence-corrected chi connectivity index (χ1v) is 12.2. The van der Waals surface area contributed by atoms with Gasteiger partial charge in [-0.3, -0.25) is 14.3 Å². The second-order valence-electron chi connectivity index (χ2n) is 8.50. The van der Waals surface area contributed by atoms with Gasteiger partial charge in [0.05, 0.1) is 32.2 Å². The van der Waals surface area contributed by atoms with Gasteiger partial charge in [0.25, 0.3) is 5.91 Å². The maximum absolute atomic E-state index is 14.1. The Labute approximate surface area is 242 Å². The molecular weight excluding hydrogens is 616 g/mol. The molecule has 0 aliphatic heterocycles. The number of benzene rings is 3. The van der Waals surface area contributed by atoms with Crippen LogP contribution >= 0.6 is 23.2 Å². The number of rotatable bonds is 7. The summed E-state index contributed by atoms with van der Waals surface area (Å²) in [6.07, 6.45) is -6.44. The second-order valence-corrected chi connectivity index (χ2v) is 9.31. The first-order valence-electron chi connectivity index (χ1n) is 11.4. The van der Waals surface area contributed by atoms with Crippen molar-refractivity contribution in [2.24, 2.45) is 7.05 Å². The highest BCUT2D eigenvalue weighted by molar-refractivity contribution is 6.37. The fourth-order valence-corrected chi connectivity index (χ4v) is 4.25. The predicted octanol–water partition coefficient (Wildman–Crippen LogP) is 6.43. The second kappa shape index (κ2) is 11.7. The molecule has 0 atom stereocenters. The van der Waals surface area contributed by atoms with Crippen molar-refractivity contribution >= 4 is 63.5 Å². The van der Waals surface area contributed by atoms with Crippen LogP contribution in [0.3, 0.4) is 0 Å². The molecule has 0 saturated carbocycles. The minimum Gasteiger partial charge on any atom is -0.465 e. The lowest BCUT2D eigenvalue weighted by molar-refractivity contribution is -0.137. The number of fused-ring (bicyclic) bond motifs is 1. The molecule has 3 amide bonds. The largest absolute Gasteiger partial charge is 0.465 e. The summed E-state index contributed by atoms with van der Waals surface area (Å²) in [6, 6.07) is 5.42. The van der Waals surface area contributed by atoms with Gasteiger partial charge < -0.3 is 25.8 Å². The fraction of sp³-hybridized carbons (Fsp3) is 0.120. The number of carboxylic acid groups (broad SMARTS) is 1. The number of halogens is 7. The number of carbonyl (C=O) groups is 3. The lowest BCUT2D eigenvalue weighted by atomic mass is 10.1. The summed E-state index contributed by atoms with van der Waals surface area (Å²) in [6.45, 7) is -0.690. The standard InChI is InChI=1S/C25H16Cl2F5N5O5/c1-37-20-15(27)8-16(34-23(39)10-4-11(25(30,31)32)6-13(29)5-10)21(42-17-7-12(28)2-3-14(17)26)19(20)22(36-37)35-18(38)9-33-24(40)41/h2-8,33H,9H2,1H3,(H,34,39)(H,40,41)(H,35,36,38). The molecule has 0 fully saturated rings. The molecule has 1 aromatic heterocycles. The van der Waals surface area contributed by atoms with Crippen molar-refractivity contribution in [2.45, 2.75) is 6.18 Å². The molecule has 4 aromatic rings. The molecule has 0 unspecified atom stereocenters. The van der Waals surface area contributed by atoms with Crippen molar-refractivity contribution in [3.8, 4) is 11.5 Å². The van der Waals surface area contributed by atoms with Crippen molar-refractivity contribution in [1.82, 2.24) is 15.1 Å². The van der Waals surface area contributed by atoms with Gasteiger partial charge in [-0.1, -0.05) is 23.2 Å². The van der Waals surface area contributed by atoms with Crippen LogP contribution in [0.4, 0.5) is 38.3 Å². The van der Waals surface area contributed by atoms with Crippen molar-refractivity contribution in [3.63, 3.8) is 0 Å². The number of nitrogens with one attached hydrogen (secondary N) is 3. The van der Waals surface area contributed by atoms with Gasteiger partial charge in [-0.05, 0) is 36.4 Å². The first kappa shape index (κ1) is 30.3. The molecule has 220 valence electrons. The number of alkyl halides is 3. The number of aryl methyl sites for hydroxylation is 1. The number of carbonyl (C=O) groups excluding carboxylic acids is 2. The molecule has 1 heterocycles. The quantitative estimate of drug-likeness (QED) is 0.174. The van der Waals surface area contributed by atoms with Crippen LogP contribution in [0.15, 0.2) is 42.5 Å². The van der Waals surface area contributed by atoms with Crippen LogP contribution in [0.1, 0.15) is 15.9 Å². The molecule has 0 radical (unpaired) electrons. The van der Waals surface area contributed by atoms with Crippen LogP contribution in [-0.4, -0.2) is 39.3 Å². The van der Waals surface area contributed by atoms with E-state index in [0.29, 0.717) is 12.1 Å². The van der Waals surface area contributed by atoms with Gasteiger partial charge in [-0.15, -0.1) is 0 Å². The van der Waals surface area contributed by atoms with E-state index >= 15 is 0 Å². The maximum Gasteiger partial charge on any atom is 0.416 e. The summed E-state index contributed by atoms with van der Waals surface area (Å²) < 4.78 is 74.8. The molecule has 17 heteroatoms. The number of anilines is 2. The number of amides is 3. The van der Waals surface area contributed by atoms with E-state index in [1.807, 2.05) is 5.32 Å². The third-order valence-corrected chi connectivity index (χ3v) is 6.12. The number of nitrogens with zero attached hydrogens (tertiary/aromatic N) is 2. The van der Waals surface area contributed by atoms with Crippen LogP contribution in [0, 0.1) is 11.6 Å². The third-order valence-electron chi connectivity index (χ3n) is 5.51. The Morgan fingerprint density at radius 3 is 2.38 bits per heavy atom. The molecule has 0 saturated heterocycles. The van der Waals surface area contributed by atoms with Gasteiger partial charge in [0.1, 0.15) is 23.9 Å². The van der Waals surface area contributed by atoms with Crippen LogP contribution in [-0.2, 0) is 18.0 Å². The molecule has 0 aliphatic carbocycles. The molecule has 4 rings (SSSR count). The predicted molar refractivity (Wildman–Crippen MR) is 141 cm³/mol. The Morgan fingerprint density at radius 2 is 1.71 bits per heavy atom. The van der Waals surface area contributed by atoms with Gasteiger partial charge in [0.15, 0.2) is 11.6 Å². The lowest BCUT2D eigenvalue weighted by Gasteiger charge is -2.17. The summed E-state index contributed by atoms with van der Waals surface area (Å²) in [4.78, 5) is 36.2. The molecule has 10 nitrogen and oxygen atoms in total. The van der Waals surface area contributed by atoms with E-state index in [0.717, 1.165) is 24.3 Å². The molecule has 0 bridgehead atoms. The first-order chi connectivity index (χ1) is 19.6. The van der Waals surface area contributed by atoms with E-state index in [4.69, 9.17) is 33.0 Å². The van der Waals surface area contributed by atoms with E-state index in [9.17, 15) is 36.3 Å². The summed E-state index contributed by atoms with van der Waals surface area (Å²) in [5.74, 6) is -5.09. The fourth-order valence-electron chi connectivity index (χ4n) is 3.77. The van der Waals surface area contributed by atoms with Crippen LogP contribution < -0.4 is 20.7 Å². The SMILES string of the molecule is Cn1nc(NC(=O)CNC(=O)O)c2c(Oc3cc(F)ccc3Cl)c(NC(=O)c3cc(F)cc(C(F)(F)F)c3)cc(Cl)c21. The molecular formula is C25H16Cl2F5N5O5. The Balaban J connectivity index is 1.88. The van der Waals surface area contributed by atoms with Gasteiger partial charge >= 0.3 is 12.3 Å². The molecule has 0 spiro atoms. The molecule has 4 N–H and O–H groups in total. The summed E-state index contributed by atoms with van der Waals surface area (Å²) >= 11 is 12.6. The zero-order valence-electron chi connectivity index (χ0n) is 20.9. The highest BCUT2D eigenvalue weighted by Gasteiger charge is 2.32. The molecule has 42 heavy (non-hydrogen) atoms. The summed E-state index contributed by atoms with van der Waals surface area (Å²) in [5, 5.41) is 19.1. The lowest BCUT2D eigenvalue weighted by Crippen LogP contribution is -2.31. The smallest absolute Gasteiger partial charge is 0.416 e. The monoisotopic (exact) mass is 631 g/mol. The normalized spacial score (nSPS) is 11.3. The summed E-state index contributed by atoms with van der Waals surface area (Å²) in [5.41, 5.74) is -2.35. The average molecular weight is 632 g/mol. The number of aromatic nitrogens is 2. The number of hydrogen-bond acceptors (Lipinski definition) is 5. The van der Waals surface area contributed by atoms with Gasteiger partial charge in [0.2, 0.25) is 5.91 Å². The van der Waals surface area contributed by atoms with Gasteiger partial charge in [-0.25, -0.2) is 13.6 Å². The highest BCUT2D eigenvalue weighted by Crippen LogP contribution is 2.45. The van der Waals surface area contributed by atoms with E-state index in [2.05, 4.69) is 15.7 Å². The Bertz CT molecular complexity index is 1750. The average Bonchev–Trinajstić information content (AvgIpc) is 3.21. The Morgan fingerprint density at radius 1 is 1.00 bits per heavy atom. The zero-order valence-corrected chi connectivity index (χ0v) is 22.4. The van der Waals surface area contributed by atoms with Gasteiger partial charge in [0, 0.05) is 18.7 Å². The number of ether oxygens (including phenoxy) is 1. The maximum atomic E-state index is 14.1. The zero-order chi connectivity index (χ0) is 30.9. The van der Waals surface area contributed by atoms with Crippen LogP contribution in [0.5, 0.6) is 11.5 Å². The Hall–Kier alpha value is -4.63. The van der Waals surface area contributed by atoms with E-state index in [-0.39, 0.29) is 50.0 Å². The highest BCUT2D eigenvalue weighted by atomic mass is 35.5. The number of hydrogen-bond donors (Lipinski definition) is 4. The van der Waals surface area contributed by atoms with E-state index in [1.165, 1.54) is 11.7 Å². The van der Waals surface area contributed by atoms with E-state index in [1.54, 1.807) is 0 Å². The third kappa shape index (κ3) is 6.63. The topological polar surface area (TPSA) is 135 Å². The van der Waals surface area contributed by atoms with Crippen molar-refractivity contribution in [3.05, 3.63) is 75.3 Å². The van der Waals surface area contributed by atoms with Crippen LogP contribution in [0.25, 0.3) is 10.9 Å². The van der Waals surface area contributed by atoms with Gasteiger partial charge in [-0.2, -0.15) is 18.3 Å². The summed E-state index contributed by atoms with van der Waals surface area (Å²) in [7, 11) is 1.42. The van der Waals surface area contributed by atoms with Crippen molar-refractivity contribution < 1.29 is 46.2 Å². The molecule has 0 aliphatic rings. The van der Waals surface area contributed by atoms with Crippen molar-refractivity contribution in [2.75, 3.05) is 17.2 Å². The van der Waals surface area contributed by atoms with E-state index < -0.39 is 53.4 Å². The van der Waals surface area contributed by atoms with Crippen LogP contribution in [0.2, 0.25) is 10.0 Å². The minimum absolute atomic E-state index is 0.0977.